The highest BCUT2D eigenvalue weighted by Gasteiger charge is 2.27. The average Bonchev–Trinajstić information content (AvgIpc) is 3.54. The van der Waals surface area contributed by atoms with E-state index in [1.165, 1.54) is 16.5 Å². The van der Waals surface area contributed by atoms with E-state index < -0.39 is 5.91 Å². The molecule has 1 aliphatic rings. The van der Waals surface area contributed by atoms with Gasteiger partial charge in [0.1, 0.15) is 0 Å². The maximum Gasteiger partial charge on any atom is 0.293 e. The molecule has 1 amide bonds. The molecule has 0 spiro atoms. The van der Waals surface area contributed by atoms with Gasteiger partial charge in [-0.1, -0.05) is 23.4 Å². The first-order valence-electron chi connectivity index (χ1n) is 10.7. The van der Waals surface area contributed by atoms with Gasteiger partial charge in [-0.2, -0.15) is 14.9 Å². The molecule has 5 rings (SSSR count). The van der Waals surface area contributed by atoms with Crippen LogP contribution in [0.15, 0.2) is 40.2 Å². The van der Waals surface area contributed by atoms with Crippen LogP contribution in [0, 0.1) is 6.92 Å². The van der Waals surface area contributed by atoms with Crippen molar-refractivity contribution in [3.05, 3.63) is 58.7 Å². The molecule has 1 aromatic carbocycles. The number of carbonyl (C=O) groups excluding carboxylic acids is 1. The maximum atomic E-state index is 13.0. The Bertz CT molecular complexity index is 1370. The lowest BCUT2D eigenvalue weighted by Crippen LogP contribution is -2.31. The molecule has 1 aliphatic heterocycles. The first-order chi connectivity index (χ1) is 16.5. The van der Waals surface area contributed by atoms with Gasteiger partial charge in [0.15, 0.2) is 5.69 Å². The molecule has 3 aromatic heterocycles. The van der Waals surface area contributed by atoms with Gasteiger partial charge in [0.25, 0.3) is 5.91 Å². The lowest BCUT2D eigenvalue weighted by atomic mass is 10.0. The van der Waals surface area contributed by atoms with E-state index in [2.05, 4.69) is 53.3 Å². The third kappa shape index (κ3) is 3.87. The summed E-state index contributed by atoms with van der Waals surface area (Å²) in [5.74, 6) is -0.303. The quantitative estimate of drug-likeness (QED) is 0.315. The molecule has 13 heteroatoms. The van der Waals surface area contributed by atoms with Crippen LogP contribution in [0.25, 0.3) is 5.82 Å². The summed E-state index contributed by atoms with van der Waals surface area (Å²) in [6, 6.07) is 8.19. The van der Waals surface area contributed by atoms with E-state index in [9.17, 15) is 4.79 Å². The van der Waals surface area contributed by atoms with Crippen LogP contribution in [0.3, 0.4) is 0 Å². The van der Waals surface area contributed by atoms with Crippen LogP contribution in [0.1, 0.15) is 39.4 Å². The van der Waals surface area contributed by atoms with Crippen molar-refractivity contribution in [2.24, 2.45) is 12.1 Å². The number of hydrazone groups is 1. The molecule has 0 saturated heterocycles. The predicted molar refractivity (Wildman–Crippen MR) is 122 cm³/mol. The van der Waals surface area contributed by atoms with Crippen LogP contribution in [0.5, 0.6) is 0 Å². The molecule has 4 heterocycles. The van der Waals surface area contributed by atoms with Crippen LogP contribution in [-0.4, -0.2) is 53.8 Å². The van der Waals surface area contributed by atoms with Gasteiger partial charge in [-0.15, -0.1) is 5.10 Å². The number of anilines is 2. The van der Waals surface area contributed by atoms with E-state index >= 15 is 0 Å². The second-order valence-corrected chi connectivity index (χ2v) is 7.93. The molecule has 174 valence electrons. The number of aryl methyl sites for hydroxylation is 2. The lowest BCUT2D eigenvalue weighted by Gasteiger charge is -2.31. The summed E-state index contributed by atoms with van der Waals surface area (Å²) in [7, 11) is 1.83. The number of nitrogens with one attached hydrogen (secondary N) is 1. The Morgan fingerprint density at radius 1 is 1.32 bits per heavy atom. The zero-order valence-electron chi connectivity index (χ0n) is 18.7. The SMILES string of the molecule is Cc1c(/C=N\NC(=O)c2nnn(-c3nonc3N)c2CN2CCCc3ccccc32)cnn1C. The molecule has 0 saturated carbocycles. The minimum Gasteiger partial charge on any atom is -0.378 e. The number of hydrogen-bond acceptors (Lipinski definition) is 10. The number of nitrogen functional groups attached to an aromatic ring is 1. The molecule has 0 aliphatic carbocycles. The number of fused-ring (bicyclic) bond motifs is 1. The molecule has 13 nitrogen and oxygen atoms in total. The van der Waals surface area contributed by atoms with Crippen molar-refractivity contribution < 1.29 is 9.42 Å². The van der Waals surface area contributed by atoms with Crippen LogP contribution in [-0.2, 0) is 20.0 Å². The van der Waals surface area contributed by atoms with E-state index in [1.54, 1.807) is 10.9 Å². The second kappa shape index (κ2) is 8.77. The van der Waals surface area contributed by atoms with Crippen LogP contribution in [0.4, 0.5) is 11.5 Å². The van der Waals surface area contributed by atoms with E-state index in [0.29, 0.717) is 12.2 Å². The minimum atomic E-state index is -0.514. The average molecular weight is 461 g/mol. The zero-order valence-corrected chi connectivity index (χ0v) is 18.7. The topological polar surface area (TPSA) is 158 Å². The Kier molecular flexibility index (Phi) is 5.49. The van der Waals surface area contributed by atoms with Gasteiger partial charge in [-0.05, 0) is 41.7 Å². The van der Waals surface area contributed by atoms with Crippen LogP contribution in [0.2, 0.25) is 0 Å². The fourth-order valence-corrected chi connectivity index (χ4v) is 3.94. The van der Waals surface area contributed by atoms with Crippen molar-refractivity contribution in [2.75, 3.05) is 17.2 Å². The van der Waals surface area contributed by atoms with Gasteiger partial charge in [-0.25, -0.2) is 10.1 Å². The van der Waals surface area contributed by atoms with Gasteiger partial charge in [-0.3, -0.25) is 9.48 Å². The van der Waals surface area contributed by atoms with E-state index in [0.717, 1.165) is 36.3 Å². The summed E-state index contributed by atoms with van der Waals surface area (Å²) in [5, 5.41) is 23.9. The molecule has 3 N–H and O–H groups in total. The van der Waals surface area contributed by atoms with Crippen molar-refractivity contribution in [1.82, 2.24) is 40.5 Å². The molecule has 0 atom stereocenters. The summed E-state index contributed by atoms with van der Waals surface area (Å²) in [6.07, 6.45) is 5.19. The van der Waals surface area contributed by atoms with Crippen molar-refractivity contribution in [3.63, 3.8) is 0 Å². The van der Waals surface area contributed by atoms with Gasteiger partial charge in [0.05, 0.1) is 24.7 Å². The summed E-state index contributed by atoms with van der Waals surface area (Å²) in [5.41, 5.74) is 13.1. The largest absolute Gasteiger partial charge is 0.378 e. The maximum absolute atomic E-state index is 13.0. The monoisotopic (exact) mass is 461 g/mol. The Morgan fingerprint density at radius 2 is 2.18 bits per heavy atom. The standard InChI is InChI=1S/C21H23N11O2/c1-13-15(11-24-30(13)2)10-23-26-21(33)18-17(32(29-25-18)20-19(22)27-34-28-20)12-31-9-5-7-14-6-3-4-8-16(14)31/h3-4,6,8,10-11H,5,7,9,12H2,1-2H3,(H2,22,27)(H,26,33)/b23-10-. The number of rotatable bonds is 6. The lowest BCUT2D eigenvalue weighted by molar-refractivity contribution is 0.0949. The molecule has 0 fully saturated rings. The number of aromatic nitrogens is 7. The Balaban J connectivity index is 1.46. The Labute approximate surface area is 194 Å². The van der Waals surface area contributed by atoms with Gasteiger partial charge in [0.2, 0.25) is 11.6 Å². The highest BCUT2D eigenvalue weighted by molar-refractivity contribution is 5.94. The van der Waals surface area contributed by atoms with Crippen LogP contribution >= 0.6 is 0 Å². The number of carbonyl (C=O) groups is 1. The first kappa shape index (κ1) is 21.3. The third-order valence-corrected chi connectivity index (χ3v) is 5.86. The number of benzene rings is 1. The fourth-order valence-electron chi connectivity index (χ4n) is 3.94. The van der Waals surface area contributed by atoms with E-state index in [4.69, 9.17) is 10.4 Å². The van der Waals surface area contributed by atoms with Crippen LogP contribution < -0.4 is 16.1 Å². The van der Waals surface area contributed by atoms with E-state index in [1.807, 2.05) is 26.1 Å². The van der Waals surface area contributed by atoms with Crippen molar-refractivity contribution in [3.8, 4) is 5.82 Å². The number of nitrogens with zero attached hydrogens (tertiary/aromatic N) is 9. The zero-order chi connectivity index (χ0) is 23.7. The highest BCUT2D eigenvalue weighted by Crippen LogP contribution is 2.29. The second-order valence-electron chi connectivity index (χ2n) is 7.93. The van der Waals surface area contributed by atoms with Gasteiger partial charge < -0.3 is 10.6 Å². The molecular weight excluding hydrogens is 438 g/mol. The molecular formula is C21H23N11O2. The summed E-state index contributed by atoms with van der Waals surface area (Å²) in [4.78, 5) is 15.2. The Morgan fingerprint density at radius 3 is 2.94 bits per heavy atom. The molecule has 0 bridgehead atoms. The highest BCUT2D eigenvalue weighted by atomic mass is 16.6. The van der Waals surface area contributed by atoms with Gasteiger partial charge in [0, 0.05) is 30.5 Å². The summed E-state index contributed by atoms with van der Waals surface area (Å²) in [6.45, 7) is 3.07. The smallest absolute Gasteiger partial charge is 0.293 e. The summed E-state index contributed by atoms with van der Waals surface area (Å²) < 4.78 is 7.84. The normalized spacial score (nSPS) is 13.4. The van der Waals surface area contributed by atoms with Crippen molar-refractivity contribution in [1.29, 1.82) is 0 Å². The minimum absolute atomic E-state index is 0.0437. The number of nitrogens with two attached hydrogens (primary N) is 1. The molecule has 0 unspecified atom stereocenters. The molecule has 0 radical (unpaired) electrons. The number of amides is 1. The van der Waals surface area contributed by atoms with Gasteiger partial charge >= 0.3 is 0 Å². The molecule has 4 aromatic rings. The van der Waals surface area contributed by atoms with Crippen molar-refractivity contribution >= 4 is 23.6 Å². The van der Waals surface area contributed by atoms with E-state index in [-0.39, 0.29) is 17.3 Å². The number of para-hydroxylation sites is 1. The summed E-state index contributed by atoms with van der Waals surface area (Å²) >= 11 is 0. The third-order valence-electron chi connectivity index (χ3n) is 5.86. The predicted octanol–water partition coefficient (Wildman–Crippen LogP) is 0.991. The first-order valence-corrected chi connectivity index (χ1v) is 10.7. The Hall–Kier alpha value is -4.55. The molecule has 34 heavy (non-hydrogen) atoms. The fraction of sp³-hybridized carbons (Fsp3) is 0.286. The number of hydrogen-bond donors (Lipinski definition) is 2. The van der Waals surface area contributed by atoms with Crippen molar-refractivity contribution in [2.45, 2.75) is 26.3 Å².